The number of hydrogen-bond donors (Lipinski definition) is 1. The maximum Gasteiger partial charge on any atom is 0.255 e. The Hall–Kier alpha value is -3.23. The first kappa shape index (κ1) is 22.0. The van der Waals surface area contributed by atoms with Gasteiger partial charge in [-0.3, -0.25) is 9.78 Å². The number of amides is 1. The molecule has 4 rings (SSSR count). The van der Waals surface area contributed by atoms with Gasteiger partial charge < -0.3 is 10.1 Å². The Labute approximate surface area is 188 Å². The number of piperidine rings is 1. The zero-order chi connectivity index (χ0) is 22.6. The number of benzene rings is 2. The van der Waals surface area contributed by atoms with Gasteiger partial charge >= 0.3 is 0 Å². The van der Waals surface area contributed by atoms with Crippen molar-refractivity contribution in [3.63, 3.8) is 0 Å². The van der Waals surface area contributed by atoms with Gasteiger partial charge in [0, 0.05) is 30.2 Å². The lowest BCUT2D eigenvalue weighted by Crippen LogP contribution is -2.38. The van der Waals surface area contributed by atoms with Gasteiger partial charge in [-0.1, -0.05) is 12.5 Å². The predicted octanol–water partition coefficient (Wildman–Crippen LogP) is 4.26. The van der Waals surface area contributed by atoms with E-state index in [-0.39, 0.29) is 16.8 Å². The van der Waals surface area contributed by atoms with E-state index in [0.717, 1.165) is 24.8 Å². The van der Waals surface area contributed by atoms with E-state index >= 15 is 0 Å². The summed E-state index contributed by atoms with van der Waals surface area (Å²) >= 11 is 0. The summed E-state index contributed by atoms with van der Waals surface area (Å²) in [6.45, 7) is 0.470. The van der Waals surface area contributed by atoms with Crippen LogP contribution in [0.1, 0.15) is 41.2 Å². The summed E-state index contributed by atoms with van der Waals surface area (Å²) in [6.07, 6.45) is 5.98. The van der Waals surface area contributed by atoms with Crippen LogP contribution in [0.2, 0.25) is 0 Å². The van der Waals surface area contributed by atoms with E-state index in [4.69, 9.17) is 4.74 Å². The number of hydrogen-bond acceptors (Lipinski definition) is 5. The number of rotatable bonds is 6. The first-order valence-electron chi connectivity index (χ1n) is 10.5. The molecule has 166 valence electrons. The van der Waals surface area contributed by atoms with Crippen molar-refractivity contribution in [2.75, 3.05) is 19.0 Å². The Kier molecular flexibility index (Phi) is 6.53. The highest BCUT2D eigenvalue weighted by atomic mass is 32.2. The fourth-order valence-electron chi connectivity index (χ4n) is 3.89. The number of carbonyl (C=O) groups is 1. The normalized spacial score (nSPS) is 17.0. The molecule has 1 unspecified atom stereocenters. The van der Waals surface area contributed by atoms with Crippen molar-refractivity contribution in [1.82, 2.24) is 9.29 Å². The average molecular weight is 452 g/mol. The van der Waals surface area contributed by atoms with Gasteiger partial charge in [0.1, 0.15) is 5.75 Å². The van der Waals surface area contributed by atoms with Gasteiger partial charge in [-0.15, -0.1) is 0 Å². The summed E-state index contributed by atoms with van der Waals surface area (Å²) in [4.78, 5) is 16.8. The molecule has 0 bridgehead atoms. The number of anilines is 1. The molecule has 0 saturated carbocycles. The maximum absolute atomic E-state index is 13.4. The van der Waals surface area contributed by atoms with Crippen LogP contribution in [0.5, 0.6) is 5.75 Å². The second kappa shape index (κ2) is 9.50. The largest absolute Gasteiger partial charge is 0.497 e. The first-order valence-corrected chi connectivity index (χ1v) is 11.9. The Morgan fingerprint density at radius 3 is 2.47 bits per heavy atom. The number of carbonyl (C=O) groups excluding carboxylic acids is 1. The lowest BCUT2D eigenvalue weighted by atomic mass is 9.99. The summed E-state index contributed by atoms with van der Waals surface area (Å²) in [5.74, 6) is 0.384. The highest BCUT2D eigenvalue weighted by molar-refractivity contribution is 7.89. The van der Waals surface area contributed by atoms with Crippen molar-refractivity contribution in [2.45, 2.75) is 30.2 Å². The molecule has 1 fully saturated rings. The molecular formula is C24H25N3O4S. The molecule has 2 aromatic carbocycles. The molecule has 3 aromatic rings. The van der Waals surface area contributed by atoms with Crippen molar-refractivity contribution in [3.05, 3.63) is 84.2 Å². The minimum atomic E-state index is -3.69. The third kappa shape index (κ3) is 4.66. The van der Waals surface area contributed by atoms with Crippen LogP contribution in [0.4, 0.5) is 5.69 Å². The quantitative estimate of drug-likeness (QED) is 0.605. The molecular weight excluding hydrogens is 426 g/mol. The Morgan fingerprint density at radius 1 is 1.06 bits per heavy atom. The first-order chi connectivity index (χ1) is 15.5. The summed E-state index contributed by atoms with van der Waals surface area (Å²) in [5, 5.41) is 2.79. The fourth-order valence-corrected chi connectivity index (χ4v) is 5.57. The SMILES string of the molecule is COc1ccc(C(=O)Nc2ccc(S(=O)(=O)N3CCCCC3c3cccnc3)cc2)cc1. The van der Waals surface area contributed by atoms with Crippen molar-refractivity contribution in [1.29, 1.82) is 0 Å². The lowest BCUT2D eigenvalue weighted by molar-refractivity contribution is 0.102. The van der Waals surface area contributed by atoms with Crippen LogP contribution in [0.3, 0.4) is 0 Å². The minimum absolute atomic E-state index is 0.204. The number of nitrogens with zero attached hydrogens (tertiary/aromatic N) is 2. The van der Waals surface area contributed by atoms with Crippen LogP contribution >= 0.6 is 0 Å². The van der Waals surface area contributed by atoms with E-state index in [2.05, 4.69) is 10.3 Å². The van der Waals surface area contributed by atoms with Gasteiger partial charge in [0.25, 0.3) is 5.91 Å². The van der Waals surface area contributed by atoms with Crippen molar-refractivity contribution in [2.24, 2.45) is 0 Å². The summed E-state index contributed by atoms with van der Waals surface area (Å²) in [7, 11) is -2.12. The van der Waals surface area contributed by atoms with Crippen molar-refractivity contribution in [3.8, 4) is 5.75 Å². The number of sulfonamides is 1. The number of methoxy groups -OCH3 is 1. The van der Waals surface area contributed by atoms with E-state index in [1.54, 1.807) is 60.2 Å². The highest BCUT2D eigenvalue weighted by Gasteiger charge is 2.34. The minimum Gasteiger partial charge on any atom is -0.497 e. The molecule has 7 nitrogen and oxygen atoms in total. The van der Waals surface area contributed by atoms with E-state index in [9.17, 15) is 13.2 Å². The molecule has 1 aromatic heterocycles. The second-order valence-electron chi connectivity index (χ2n) is 7.62. The van der Waals surface area contributed by atoms with E-state index < -0.39 is 10.0 Å². The molecule has 0 radical (unpaired) electrons. The summed E-state index contributed by atoms with van der Waals surface area (Å²) in [6, 6.07) is 16.6. The van der Waals surface area contributed by atoms with Gasteiger partial charge in [-0.2, -0.15) is 4.31 Å². The van der Waals surface area contributed by atoms with Crippen LogP contribution < -0.4 is 10.1 Å². The Morgan fingerprint density at radius 2 is 1.81 bits per heavy atom. The molecule has 1 amide bonds. The highest BCUT2D eigenvalue weighted by Crippen LogP contribution is 2.35. The lowest BCUT2D eigenvalue weighted by Gasteiger charge is -2.34. The summed E-state index contributed by atoms with van der Waals surface area (Å²) < 4.78 is 33.5. The molecule has 1 saturated heterocycles. The third-order valence-corrected chi connectivity index (χ3v) is 7.52. The topological polar surface area (TPSA) is 88.6 Å². The van der Waals surface area contributed by atoms with Crippen molar-refractivity contribution >= 4 is 21.6 Å². The van der Waals surface area contributed by atoms with Crippen LogP contribution in [0.15, 0.2) is 78.0 Å². The van der Waals surface area contributed by atoms with Gasteiger partial charge in [0.15, 0.2) is 0 Å². The van der Waals surface area contributed by atoms with Gasteiger partial charge in [0.05, 0.1) is 18.0 Å². The Balaban J connectivity index is 1.51. The Bertz CT molecular complexity index is 1160. The second-order valence-corrected chi connectivity index (χ2v) is 9.51. The molecule has 0 spiro atoms. The average Bonchev–Trinajstić information content (AvgIpc) is 2.85. The van der Waals surface area contributed by atoms with E-state index in [0.29, 0.717) is 23.5 Å². The molecule has 0 aliphatic carbocycles. The van der Waals surface area contributed by atoms with Crippen LogP contribution in [0, 0.1) is 0 Å². The molecule has 1 aliphatic heterocycles. The van der Waals surface area contributed by atoms with Crippen LogP contribution in [-0.4, -0.2) is 37.3 Å². The van der Waals surface area contributed by atoms with Crippen LogP contribution in [-0.2, 0) is 10.0 Å². The van der Waals surface area contributed by atoms with Gasteiger partial charge in [-0.05, 0) is 73.0 Å². The fraction of sp³-hybridized carbons (Fsp3) is 0.250. The molecule has 1 aliphatic rings. The number of aromatic nitrogens is 1. The predicted molar refractivity (Wildman–Crippen MR) is 122 cm³/mol. The third-order valence-electron chi connectivity index (χ3n) is 5.59. The molecule has 8 heteroatoms. The molecule has 32 heavy (non-hydrogen) atoms. The smallest absolute Gasteiger partial charge is 0.255 e. The summed E-state index contributed by atoms with van der Waals surface area (Å²) in [5.41, 5.74) is 1.90. The van der Waals surface area contributed by atoms with Crippen LogP contribution in [0.25, 0.3) is 0 Å². The zero-order valence-corrected chi connectivity index (χ0v) is 18.6. The maximum atomic E-state index is 13.4. The van der Waals surface area contributed by atoms with Gasteiger partial charge in [0.2, 0.25) is 10.0 Å². The van der Waals surface area contributed by atoms with E-state index in [1.807, 2.05) is 12.1 Å². The standard InChI is InChI=1S/C24H25N3O4S/c1-31-21-11-7-18(8-12-21)24(28)26-20-9-13-22(14-10-20)32(29,30)27-16-3-2-6-23(27)19-5-4-15-25-17-19/h4-5,7-15,17,23H,2-3,6,16H2,1H3,(H,26,28). The zero-order valence-electron chi connectivity index (χ0n) is 17.8. The molecule has 1 N–H and O–H groups in total. The van der Waals surface area contributed by atoms with Gasteiger partial charge in [-0.25, -0.2) is 8.42 Å². The van der Waals surface area contributed by atoms with Crippen molar-refractivity contribution < 1.29 is 17.9 Å². The number of pyridine rings is 1. The molecule has 2 heterocycles. The number of ether oxygens (including phenoxy) is 1. The molecule has 1 atom stereocenters. The monoisotopic (exact) mass is 451 g/mol. The number of nitrogens with one attached hydrogen (secondary N) is 1. The van der Waals surface area contributed by atoms with E-state index in [1.165, 1.54) is 12.1 Å².